The lowest BCUT2D eigenvalue weighted by molar-refractivity contribution is -0.0882. The van der Waals surface area contributed by atoms with Crippen LogP contribution in [0.4, 0.5) is 13.2 Å². The van der Waals surface area contributed by atoms with Crippen molar-refractivity contribution in [3.8, 4) is 5.69 Å². The minimum atomic E-state index is -4.48. The zero-order chi connectivity index (χ0) is 38.7. The normalized spacial score (nSPS) is 17.2. The first-order valence-corrected chi connectivity index (χ1v) is 18.6. The molecule has 55 heavy (non-hydrogen) atoms. The smallest absolute Gasteiger partial charge is 0.324 e. The van der Waals surface area contributed by atoms with E-state index in [-0.39, 0.29) is 10.8 Å². The third-order valence-corrected chi connectivity index (χ3v) is 10.4. The maximum atomic E-state index is 14.2. The van der Waals surface area contributed by atoms with E-state index in [4.69, 9.17) is 9.98 Å². The van der Waals surface area contributed by atoms with Crippen LogP contribution < -0.4 is 15.8 Å². The van der Waals surface area contributed by atoms with Gasteiger partial charge in [-0.1, -0.05) is 145 Å². The van der Waals surface area contributed by atoms with Gasteiger partial charge in [0.1, 0.15) is 11.7 Å². The van der Waals surface area contributed by atoms with Crippen molar-refractivity contribution in [2.75, 3.05) is 0 Å². The molecule has 0 atom stereocenters. The van der Waals surface area contributed by atoms with Gasteiger partial charge in [0.25, 0.3) is 0 Å². The second kappa shape index (κ2) is 13.4. The van der Waals surface area contributed by atoms with Gasteiger partial charge < -0.3 is 9.88 Å². The summed E-state index contributed by atoms with van der Waals surface area (Å²) in [6.07, 6.45) is -0.135. The number of fused-ring (bicyclic) bond motifs is 3. The van der Waals surface area contributed by atoms with Gasteiger partial charge in [-0.05, 0) is 69.5 Å². The van der Waals surface area contributed by atoms with Crippen LogP contribution in [0.2, 0.25) is 0 Å². The number of nitrogens with zero attached hydrogens (tertiary/aromatic N) is 3. The predicted octanol–water partition coefficient (Wildman–Crippen LogP) is 10.5. The first-order chi connectivity index (χ1) is 26.1. The van der Waals surface area contributed by atoms with Gasteiger partial charge >= 0.3 is 6.18 Å². The van der Waals surface area contributed by atoms with Crippen molar-refractivity contribution < 1.29 is 13.2 Å². The summed E-state index contributed by atoms with van der Waals surface area (Å²) >= 11 is 0. The molecule has 1 aliphatic heterocycles. The average molecular weight is 733 g/mol. The molecule has 0 unspecified atom stereocenters. The molecule has 6 aromatic rings. The summed E-state index contributed by atoms with van der Waals surface area (Å²) in [6.45, 7) is 13.3. The molecule has 4 nitrogen and oxygen atoms in total. The fourth-order valence-electron chi connectivity index (χ4n) is 7.33. The van der Waals surface area contributed by atoms with Gasteiger partial charge in [0, 0.05) is 32.8 Å². The summed E-state index contributed by atoms with van der Waals surface area (Å²) in [5.41, 5.74) is 6.77. The lowest BCUT2D eigenvalue weighted by Crippen LogP contribution is -2.38. The minimum Gasteiger partial charge on any atom is -0.324 e. The highest BCUT2D eigenvalue weighted by molar-refractivity contribution is 6.16. The highest BCUT2D eigenvalue weighted by Gasteiger charge is 2.33. The molecule has 0 saturated carbocycles. The number of nitrogens with one attached hydrogen (secondary N) is 1. The first kappa shape index (κ1) is 36.0. The van der Waals surface area contributed by atoms with Gasteiger partial charge in [-0.3, -0.25) is 0 Å². The van der Waals surface area contributed by atoms with Crippen molar-refractivity contribution in [3.63, 3.8) is 0 Å². The molecule has 2 heterocycles. The van der Waals surface area contributed by atoms with E-state index in [1.54, 1.807) is 6.08 Å². The number of aliphatic imine (C=N–C) groups is 2. The van der Waals surface area contributed by atoms with Crippen molar-refractivity contribution in [2.24, 2.45) is 9.98 Å². The quantitative estimate of drug-likeness (QED) is 0.193. The van der Waals surface area contributed by atoms with Gasteiger partial charge in [-0.15, -0.1) is 0 Å². The van der Waals surface area contributed by atoms with E-state index in [2.05, 4.69) is 93.9 Å². The molecular weight excluding hydrogens is 690 g/mol. The third kappa shape index (κ3) is 6.95. The molecular formula is C48H43F3N4. The SMILES string of the molecule is CC(C)(C)c1ccc2c3ccc(C(C)(C)C)cc3n(-c3ccc(=C4C=C(C(F)(F)F)C=CC4)c(=C4N=C(c5ccccc5)N=C(c5ccccc5)N4)c3)c2c1. The van der Waals surface area contributed by atoms with Gasteiger partial charge in [-0.25, -0.2) is 9.98 Å². The Morgan fingerprint density at radius 3 is 1.76 bits per heavy atom. The van der Waals surface area contributed by atoms with Crippen molar-refractivity contribution in [2.45, 2.75) is 65.0 Å². The Balaban J connectivity index is 1.49. The number of allylic oxidation sites excluding steroid dienone is 4. The predicted molar refractivity (Wildman–Crippen MR) is 221 cm³/mol. The lowest BCUT2D eigenvalue weighted by Gasteiger charge is -2.21. The fraction of sp³-hybridized carbons (Fsp3) is 0.208. The Kier molecular flexibility index (Phi) is 8.79. The minimum absolute atomic E-state index is 0.0909. The Hall–Kier alpha value is -5.95. The summed E-state index contributed by atoms with van der Waals surface area (Å²) in [6, 6.07) is 39.0. The second-order valence-electron chi connectivity index (χ2n) is 16.4. The van der Waals surface area contributed by atoms with Crippen molar-refractivity contribution >= 4 is 44.9 Å². The highest BCUT2D eigenvalue weighted by atomic mass is 19.4. The lowest BCUT2D eigenvalue weighted by atomic mass is 9.86. The molecule has 1 N–H and O–H groups in total. The number of rotatable bonds is 3. The molecule has 2 aliphatic rings. The molecule has 276 valence electrons. The summed E-state index contributed by atoms with van der Waals surface area (Å²) in [5, 5.41) is 7.10. The Labute approximate surface area is 319 Å². The van der Waals surface area contributed by atoms with E-state index in [1.807, 2.05) is 72.8 Å². The van der Waals surface area contributed by atoms with Gasteiger partial charge in [-0.2, -0.15) is 13.2 Å². The van der Waals surface area contributed by atoms with Crippen LogP contribution in [0.15, 0.2) is 149 Å². The van der Waals surface area contributed by atoms with Crippen LogP contribution >= 0.6 is 0 Å². The van der Waals surface area contributed by atoms with E-state index in [9.17, 15) is 13.2 Å². The molecule has 5 aromatic carbocycles. The van der Waals surface area contributed by atoms with Crippen LogP contribution in [-0.4, -0.2) is 22.4 Å². The van der Waals surface area contributed by atoms with Crippen molar-refractivity contribution in [1.29, 1.82) is 0 Å². The molecule has 0 amide bonds. The third-order valence-electron chi connectivity index (χ3n) is 10.4. The molecule has 0 fully saturated rings. The molecule has 7 heteroatoms. The largest absolute Gasteiger partial charge is 0.416 e. The molecule has 0 saturated heterocycles. The number of alkyl halides is 3. The second-order valence-corrected chi connectivity index (χ2v) is 16.4. The van der Waals surface area contributed by atoms with E-state index < -0.39 is 11.7 Å². The number of amidine groups is 2. The number of hydrogen-bond acceptors (Lipinski definition) is 3. The summed E-state index contributed by atoms with van der Waals surface area (Å²) in [7, 11) is 0. The molecule has 1 aromatic heterocycles. The zero-order valence-electron chi connectivity index (χ0n) is 31.9. The Bertz CT molecular complexity index is 2660. The first-order valence-electron chi connectivity index (χ1n) is 18.6. The average Bonchev–Trinajstić information content (AvgIpc) is 3.50. The summed E-state index contributed by atoms with van der Waals surface area (Å²) in [5.74, 6) is 1.61. The Morgan fingerprint density at radius 2 is 1.20 bits per heavy atom. The van der Waals surface area contributed by atoms with Gasteiger partial charge in [0.05, 0.1) is 16.6 Å². The topological polar surface area (TPSA) is 41.7 Å². The van der Waals surface area contributed by atoms with Crippen LogP contribution in [0.3, 0.4) is 0 Å². The van der Waals surface area contributed by atoms with Crippen LogP contribution in [-0.2, 0) is 10.8 Å². The zero-order valence-corrected chi connectivity index (χ0v) is 31.9. The van der Waals surface area contributed by atoms with E-state index in [0.717, 1.165) is 44.7 Å². The molecule has 0 radical (unpaired) electrons. The number of halogens is 3. The maximum absolute atomic E-state index is 14.2. The Morgan fingerprint density at radius 1 is 0.618 bits per heavy atom. The van der Waals surface area contributed by atoms with Crippen LogP contribution in [0.5, 0.6) is 0 Å². The summed E-state index contributed by atoms with van der Waals surface area (Å²) < 4.78 is 44.7. The van der Waals surface area contributed by atoms with E-state index in [0.29, 0.717) is 39.9 Å². The number of hydrogen-bond donors (Lipinski definition) is 1. The standard InChI is InChI=1S/C48H43F3N4/c1-46(2,3)33-20-23-38-39-24-21-34(47(4,5)6)28-42(39)55(41(38)27-33)36-22-25-37(32-18-13-19-35(26-32)48(49,50)51)40(29-36)45-53-43(30-14-9-7-10-15-30)52-44(54-45)31-16-11-8-12-17-31/h7-17,19-29H,18H2,1-6H3,(H,52,53,54). The monoisotopic (exact) mass is 732 g/mol. The van der Waals surface area contributed by atoms with Crippen molar-refractivity contribution in [1.82, 2.24) is 9.88 Å². The molecule has 1 aliphatic carbocycles. The van der Waals surface area contributed by atoms with Gasteiger partial charge in [0.2, 0.25) is 0 Å². The molecule has 8 rings (SSSR count). The summed E-state index contributed by atoms with van der Waals surface area (Å²) in [4.78, 5) is 10.1. The van der Waals surface area contributed by atoms with Crippen LogP contribution in [0.25, 0.3) is 38.9 Å². The van der Waals surface area contributed by atoms with Gasteiger partial charge in [0.15, 0.2) is 5.84 Å². The van der Waals surface area contributed by atoms with Crippen molar-refractivity contribution in [3.05, 3.63) is 172 Å². The highest BCUT2D eigenvalue weighted by Crippen LogP contribution is 2.37. The molecule has 0 spiro atoms. The van der Waals surface area contributed by atoms with E-state index >= 15 is 0 Å². The number of benzene rings is 5. The molecule has 0 bridgehead atoms. The number of aromatic nitrogens is 1. The fourth-order valence-corrected chi connectivity index (χ4v) is 7.33. The maximum Gasteiger partial charge on any atom is 0.416 e. The van der Waals surface area contributed by atoms with Crippen LogP contribution in [0.1, 0.15) is 70.2 Å². The van der Waals surface area contributed by atoms with E-state index in [1.165, 1.54) is 17.2 Å². The van der Waals surface area contributed by atoms with Crippen LogP contribution in [0, 0.1) is 0 Å².